The number of para-hydroxylation sites is 2. The summed E-state index contributed by atoms with van der Waals surface area (Å²) >= 11 is 0. The Labute approximate surface area is 101 Å². The molecule has 0 unspecified atom stereocenters. The molecular formula is C11H7N5O2. The van der Waals surface area contributed by atoms with Gasteiger partial charge in [-0.2, -0.15) is 4.68 Å². The van der Waals surface area contributed by atoms with Crippen LogP contribution >= 0.6 is 0 Å². The van der Waals surface area contributed by atoms with Crippen LogP contribution in [0.5, 0.6) is 0 Å². The van der Waals surface area contributed by atoms with Crippen molar-refractivity contribution in [1.82, 2.24) is 20.0 Å². The van der Waals surface area contributed by atoms with Crippen LogP contribution in [0.1, 0.15) is 0 Å². The highest BCUT2D eigenvalue weighted by Crippen LogP contribution is 2.23. The predicted molar refractivity (Wildman–Crippen MR) is 63.3 cm³/mol. The van der Waals surface area contributed by atoms with Gasteiger partial charge in [-0.1, -0.05) is 17.3 Å². The Bertz CT molecular complexity index is 737. The van der Waals surface area contributed by atoms with Gasteiger partial charge in [0.1, 0.15) is 11.2 Å². The fraction of sp³-hybridized carbons (Fsp3) is 0. The quantitative estimate of drug-likeness (QED) is 0.503. The Balaban J connectivity index is 2.30. The molecule has 3 aromatic rings. The first-order valence-corrected chi connectivity index (χ1v) is 5.17. The molecule has 0 bridgehead atoms. The van der Waals surface area contributed by atoms with E-state index in [1.807, 2.05) is 0 Å². The highest BCUT2D eigenvalue weighted by molar-refractivity contribution is 5.72. The summed E-state index contributed by atoms with van der Waals surface area (Å²) in [6, 6.07) is 9.83. The standard InChI is InChI=1S/C11H7N5O2/c17-16(18)10-6-2-1-5-9(10)15-11-8(13-14-15)4-3-7-12-11/h1-7H. The molecule has 88 valence electrons. The molecule has 2 heterocycles. The average Bonchev–Trinajstić information content (AvgIpc) is 2.82. The molecule has 0 atom stereocenters. The van der Waals surface area contributed by atoms with Gasteiger partial charge in [-0.15, -0.1) is 5.10 Å². The van der Waals surface area contributed by atoms with Crippen LogP contribution in [0, 0.1) is 10.1 Å². The van der Waals surface area contributed by atoms with Crippen molar-refractivity contribution in [1.29, 1.82) is 0 Å². The Morgan fingerprint density at radius 2 is 2.00 bits per heavy atom. The fourth-order valence-corrected chi connectivity index (χ4v) is 1.72. The van der Waals surface area contributed by atoms with Crippen LogP contribution in [-0.2, 0) is 0 Å². The zero-order chi connectivity index (χ0) is 12.5. The van der Waals surface area contributed by atoms with Crippen molar-refractivity contribution in [2.24, 2.45) is 0 Å². The number of nitro benzene ring substituents is 1. The maximum atomic E-state index is 11.0. The van der Waals surface area contributed by atoms with E-state index in [2.05, 4.69) is 15.3 Å². The van der Waals surface area contributed by atoms with E-state index in [-0.39, 0.29) is 5.69 Å². The SMILES string of the molecule is O=[N+]([O-])c1ccccc1-n1nnc2cccnc21. The first-order chi connectivity index (χ1) is 8.77. The molecule has 0 radical (unpaired) electrons. The number of pyridine rings is 1. The lowest BCUT2D eigenvalue weighted by molar-refractivity contribution is -0.384. The lowest BCUT2D eigenvalue weighted by Gasteiger charge is -2.01. The Hall–Kier alpha value is -2.83. The molecule has 0 aliphatic rings. The van der Waals surface area contributed by atoms with E-state index >= 15 is 0 Å². The minimum atomic E-state index is -0.453. The molecule has 0 aliphatic heterocycles. The minimum Gasteiger partial charge on any atom is -0.258 e. The van der Waals surface area contributed by atoms with Crippen LogP contribution in [0.3, 0.4) is 0 Å². The van der Waals surface area contributed by atoms with E-state index in [1.54, 1.807) is 36.5 Å². The molecule has 0 spiro atoms. The summed E-state index contributed by atoms with van der Waals surface area (Å²) in [5.74, 6) is 0. The second-order valence-electron chi connectivity index (χ2n) is 3.59. The number of nitrogens with zero attached hydrogens (tertiary/aromatic N) is 5. The highest BCUT2D eigenvalue weighted by atomic mass is 16.6. The van der Waals surface area contributed by atoms with Crippen LogP contribution in [0.15, 0.2) is 42.6 Å². The molecule has 7 heteroatoms. The van der Waals surface area contributed by atoms with Gasteiger partial charge in [-0.05, 0) is 18.2 Å². The number of fused-ring (bicyclic) bond motifs is 1. The lowest BCUT2D eigenvalue weighted by Crippen LogP contribution is -2.02. The molecule has 1 aromatic carbocycles. The summed E-state index contributed by atoms with van der Waals surface area (Å²) in [6.07, 6.45) is 1.59. The zero-order valence-corrected chi connectivity index (χ0v) is 9.09. The van der Waals surface area contributed by atoms with Crippen molar-refractivity contribution in [3.63, 3.8) is 0 Å². The van der Waals surface area contributed by atoms with Crippen LogP contribution in [-0.4, -0.2) is 24.9 Å². The lowest BCUT2D eigenvalue weighted by atomic mass is 10.2. The van der Waals surface area contributed by atoms with Gasteiger partial charge in [-0.3, -0.25) is 10.1 Å². The summed E-state index contributed by atoms with van der Waals surface area (Å²) in [6.45, 7) is 0. The van der Waals surface area contributed by atoms with Crippen molar-refractivity contribution in [2.75, 3.05) is 0 Å². The molecule has 0 aliphatic carbocycles. The predicted octanol–water partition coefficient (Wildman–Crippen LogP) is 1.72. The van der Waals surface area contributed by atoms with Gasteiger partial charge in [0, 0.05) is 12.3 Å². The Morgan fingerprint density at radius 3 is 2.83 bits per heavy atom. The number of aromatic nitrogens is 4. The first-order valence-electron chi connectivity index (χ1n) is 5.17. The molecule has 3 rings (SSSR count). The maximum absolute atomic E-state index is 11.0. The molecule has 18 heavy (non-hydrogen) atoms. The summed E-state index contributed by atoms with van der Waals surface area (Å²) in [7, 11) is 0. The zero-order valence-electron chi connectivity index (χ0n) is 9.09. The summed E-state index contributed by atoms with van der Waals surface area (Å²) in [5, 5.41) is 18.8. The number of rotatable bonds is 2. The second kappa shape index (κ2) is 3.88. The third-order valence-electron chi connectivity index (χ3n) is 2.52. The smallest absolute Gasteiger partial charge is 0.258 e. The Morgan fingerprint density at radius 1 is 1.17 bits per heavy atom. The van der Waals surface area contributed by atoms with Gasteiger partial charge < -0.3 is 0 Å². The van der Waals surface area contributed by atoms with E-state index in [1.165, 1.54) is 10.7 Å². The van der Waals surface area contributed by atoms with Crippen molar-refractivity contribution >= 4 is 16.9 Å². The topological polar surface area (TPSA) is 86.7 Å². The van der Waals surface area contributed by atoms with Crippen molar-refractivity contribution < 1.29 is 4.92 Å². The van der Waals surface area contributed by atoms with Crippen LogP contribution in [0.25, 0.3) is 16.9 Å². The number of hydrogen-bond donors (Lipinski definition) is 0. The van der Waals surface area contributed by atoms with Crippen molar-refractivity contribution in [2.45, 2.75) is 0 Å². The fourth-order valence-electron chi connectivity index (χ4n) is 1.72. The second-order valence-corrected chi connectivity index (χ2v) is 3.59. The largest absolute Gasteiger partial charge is 0.295 e. The van der Waals surface area contributed by atoms with Gasteiger partial charge in [0.2, 0.25) is 0 Å². The summed E-state index contributed by atoms with van der Waals surface area (Å²) < 4.78 is 1.37. The van der Waals surface area contributed by atoms with Gasteiger partial charge in [0.05, 0.1) is 4.92 Å². The summed E-state index contributed by atoms with van der Waals surface area (Å²) in [5.41, 5.74) is 1.40. The molecule has 0 saturated carbocycles. The summed E-state index contributed by atoms with van der Waals surface area (Å²) in [4.78, 5) is 14.7. The molecule has 0 N–H and O–H groups in total. The van der Waals surface area contributed by atoms with Crippen LogP contribution in [0.4, 0.5) is 5.69 Å². The molecule has 0 saturated heterocycles. The molecule has 0 amide bonds. The normalized spacial score (nSPS) is 10.7. The van der Waals surface area contributed by atoms with Crippen LogP contribution < -0.4 is 0 Å². The van der Waals surface area contributed by atoms with E-state index < -0.39 is 4.92 Å². The van der Waals surface area contributed by atoms with E-state index in [0.29, 0.717) is 16.9 Å². The van der Waals surface area contributed by atoms with Gasteiger partial charge in [0.15, 0.2) is 5.65 Å². The van der Waals surface area contributed by atoms with E-state index in [0.717, 1.165) is 0 Å². The average molecular weight is 241 g/mol. The molecule has 2 aromatic heterocycles. The highest BCUT2D eigenvalue weighted by Gasteiger charge is 2.17. The molecule has 0 fully saturated rings. The third-order valence-corrected chi connectivity index (χ3v) is 2.52. The first kappa shape index (κ1) is 10.3. The molecule has 7 nitrogen and oxygen atoms in total. The monoisotopic (exact) mass is 241 g/mol. The Kier molecular flexibility index (Phi) is 2.23. The molecular weight excluding hydrogens is 234 g/mol. The van der Waals surface area contributed by atoms with E-state index in [9.17, 15) is 10.1 Å². The van der Waals surface area contributed by atoms with Gasteiger partial charge >= 0.3 is 0 Å². The van der Waals surface area contributed by atoms with Crippen LogP contribution in [0.2, 0.25) is 0 Å². The maximum Gasteiger partial charge on any atom is 0.295 e. The van der Waals surface area contributed by atoms with E-state index in [4.69, 9.17) is 0 Å². The number of hydrogen-bond acceptors (Lipinski definition) is 5. The number of benzene rings is 1. The minimum absolute atomic E-state index is 0.0325. The number of nitro groups is 1. The van der Waals surface area contributed by atoms with Crippen molar-refractivity contribution in [3.8, 4) is 5.69 Å². The third kappa shape index (κ3) is 1.49. The van der Waals surface area contributed by atoms with Gasteiger partial charge in [0.25, 0.3) is 5.69 Å². The van der Waals surface area contributed by atoms with Crippen molar-refractivity contribution in [3.05, 3.63) is 52.7 Å². The van der Waals surface area contributed by atoms with Gasteiger partial charge in [-0.25, -0.2) is 4.98 Å².